The van der Waals surface area contributed by atoms with Crippen LogP contribution < -0.4 is 14.8 Å². The largest absolute Gasteiger partial charge is 0.486 e. The molecular weight excluding hydrogens is 370 g/mol. The predicted octanol–water partition coefficient (Wildman–Crippen LogP) is 2.55. The van der Waals surface area contributed by atoms with Crippen LogP contribution in [0.4, 0.5) is 0 Å². The van der Waals surface area contributed by atoms with Gasteiger partial charge in [0.2, 0.25) is 0 Å². The van der Waals surface area contributed by atoms with Crippen LogP contribution in [-0.2, 0) is 9.53 Å². The fourth-order valence-electron chi connectivity index (χ4n) is 3.29. The molecule has 1 fully saturated rings. The highest BCUT2D eigenvalue weighted by atomic mass is 32.1. The second-order valence-electron chi connectivity index (χ2n) is 6.63. The summed E-state index contributed by atoms with van der Waals surface area (Å²) >= 11 is 1.35. The van der Waals surface area contributed by atoms with E-state index in [0.29, 0.717) is 36.9 Å². The summed E-state index contributed by atoms with van der Waals surface area (Å²) in [4.78, 5) is 25.3. The molecule has 27 heavy (non-hydrogen) atoms. The number of hydrogen-bond donors (Lipinski definition) is 2. The number of benzene rings is 1. The lowest BCUT2D eigenvalue weighted by molar-refractivity contribution is -0.138. The molecule has 0 spiro atoms. The Morgan fingerprint density at radius 2 is 1.93 bits per heavy atom. The number of carbonyl (C=O) groups excluding carboxylic acids is 1. The highest BCUT2D eigenvalue weighted by Gasteiger charge is 2.39. The van der Waals surface area contributed by atoms with E-state index in [1.807, 2.05) is 24.3 Å². The third kappa shape index (κ3) is 3.77. The highest BCUT2D eigenvalue weighted by Crippen LogP contribution is 2.37. The molecule has 1 atom stereocenters. The van der Waals surface area contributed by atoms with Gasteiger partial charge in [0.15, 0.2) is 11.5 Å². The van der Waals surface area contributed by atoms with Crippen LogP contribution in [0.5, 0.6) is 11.5 Å². The Morgan fingerprint density at radius 3 is 2.67 bits per heavy atom. The van der Waals surface area contributed by atoms with E-state index >= 15 is 0 Å². The lowest BCUT2D eigenvalue weighted by atomic mass is 9.94. The first-order valence-electron chi connectivity index (χ1n) is 8.67. The van der Waals surface area contributed by atoms with Crippen molar-refractivity contribution in [3.8, 4) is 21.9 Å². The summed E-state index contributed by atoms with van der Waals surface area (Å²) < 4.78 is 16.5. The third-order valence-electron chi connectivity index (χ3n) is 4.63. The van der Waals surface area contributed by atoms with Crippen LogP contribution >= 0.6 is 11.3 Å². The molecule has 1 aromatic carbocycles. The number of hydrogen-bond acceptors (Lipinski definition) is 6. The number of nitrogens with one attached hydrogen (secondary N) is 1. The number of fused-ring (bicyclic) bond motifs is 1. The SMILES string of the molecule is O=C(O)CC1(NC(=O)c2ccc(-c3ccc4c(c3)OCCO4)s2)CCOC1. The summed E-state index contributed by atoms with van der Waals surface area (Å²) in [6.07, 6.45) is 0.338. The summed E-state index contributed by atoms with van der Waals surface area (Å²) in [6, 6.07) is 9.31. The van der Waals surface area contributed by atoms with Crippen LogP contribution in [0.2, 0.25) is 0 Å². The maximum Gasteiger partial charge on any atom is 0.305 e. The molecule has 2 aliphatic heterocycles. The van der Waals surface area contributed by atoms with Crippen LogP contribution in [0.3, 0.4) is 0 Å². The van der Waals surface area contributed by atoms with Crippen LogP contribution in [0.15, 0.2) is 30.3 Å². The van der Waals surface area contributed by atoms with Crippen molar-refractivity contribution in [2.45, 2.75) is 18.4 Å². The highest BCUT2D eigenvalue weighted by molar-refractivity contribution is 7.17. The lowest BCUT2D eigenvalue weighted by Gasteiger charge is -2.26. The summed E-state index contributed by atoms with van der Waals surface area (Å²) in [7, 11) is 0. The average molecular weight is 389 g/mol. The number of aliphatic carboxylic acids is 1. The van der Waals surface area contributed by atoms with E-state index in [-0.39, 0.29) is 18.9 Å². The number of carboxylic acid groups (broad SMARTS) is 1. The Hall–Kier alpha value is -2.58. The molecule has 2 aliphatic rings. The quantitative estimate of drug-likeness (QED) is 0.816. The first kappa shape index (κ1) is 17.8. The van der Waals surface area contributed by atoms with Crippen molar-refractivity contribution in [3.63, 3.8) is 0 Å². The second-order valence-corrected chi connectivity index (χ2v) is 7.71. The van der Waals surface area contributed by atoms with E-state index in [2.05, 4.69) is 5.32 Å². The number of thiophene rings is 1. The van der Waals surface area contributed by atoms with Gasteiger partial charge in [0, 0.05) is 11.5 Å². The molecule has 4 rings (SSSR count). The molecule has 0 radical (unpaired) electrons. The fraction of sp³-hybridized carbons (Fsp3) is 0.368. The molecular formula is C19H19NO6S. The van der Waals surface area contributed by atoms with Gasteiger partial charge in [-0.1, -0.05) is 0 Å². The van der Waals surface area contributed by atoms with E-state index in [0.717, 1.165) is 16.2 Å². The van der Waals surface area contributed by atoms with Crippen LogP contribution in [0.25, 0.3) is 10.4 Å². The van der Waals surface area contributed by atoms with Crippen molar-refractivity contribution in [2.24, 2.45) is 0 Å². The molecule has 8 heteroatoms. The summed E-state index contributed by atoms with van der Waals surface area (Å²) in [5.74, 6) is 0.178. The number of carbonyl (C=O) groups is 2. The molecule has 0 bridgehead atoms. The van der Waals surface area contributed by atoms with Crippen molar-refractivity contribution >= 4 is 23.2 Å². The Labute approximate surface area is 159 Å². The minimum Gasteiger partial charge on any atom is -0.486 e. The molecule has 1 amide bonds. The minimum absolute atomic E-state index is 0.154. The third-order valence-corrected chi connectivity index (χ3v) is 5.76. The van der Waals surface area contributed by atoms with E-state index in [4.69, 9.17) is 19.3 Å². The number of ether oxygens (including phenoxy) is 3. The van der Waals surface area contributed by atoms with E-state index in [1.54, 1.807) is 6.07 Å². The Bertz CT molecular complexity index is 871. The van der Waals surface area contributed by atoms with E-state index in [9.17, 15) is 9.59 Å². The van der Waals surface area contributed by atoms with Gasteiger partial charge in [-0.05, 0) is 42.3 Å². The zero-order valence-electron chi connectivity index (χ0n) is 14.5. The van der Waals surface area contributed by atoms with Crippen LogP contribution in [-0.4, -0.2) is 48.9 Å². The van der Waals surface area contributed by atoms with Crippen molar-refractivity contribution < 1.29 is 28.9 Å². The van der Waals surface area contributed by atoms with Crippen molar-refractivity contribution in [1.29, 1.82) is 0 Å². The van der Waals surface area contributed by atoms with Gasteiger partial charge in [-0.15, -0.1) is 11.3 Å². The van der Waals surface area contributed by atoms with Gasteiger partial charge in [-0.25, -0.2) is 0 Å². The Balaban J connectivity index is 1.52. The molecule has 1 aromatic heterocycles. The van der Waals surface area contributed by atoms with Gasteiger partial charge in [-0.2, -0.15) is 0 Å². The molecule has 0 aliphatic carbocycles. The zero-order valence-corrected chi connectivity index (χ0v) is 15.3. The average Bonchev–Trinajstić information content (AvgIpc) is 3.31. The predicted molar refractivity (Wildman–Crippen MR) is 98.6 cm³/mol. The van der Waals surface area contributed by atoms with Gasteiger partial charge in [-0.3, -0.25) is 9.59 Å². The molecule has 142 valence electrons. The van der Waals surface area contributed by atoms with E-state index in [1.165, 1.54) is 11.3 Å². The monoisotopic (exact) mass is 389 g/mol. The molecule has 2 aromatic rings. The Kier molecular flexibility index (Phi) is 4.75. The van der Waals surface area contributed by atoms with Crippen molar-refractivity contribution in [3.05, 3.63) is 35.2 Å². The topological polar surface area (TPSA) is 94.1 Å². The number of amides is 1. The molecule has 2 N–H and O–H groups in total. The smallest absolute Gasteiger partial charge is 0.305 e. The maximum absolute atomic E-state index is 12.7. The molecule has 1 saturated heterocycles. The number of rotatable bonds is 5. The van der Waals surface area contributed by atoms with Crippen LogP contribution in [0.1, 0.15) is 22.5 Å². The number of carboxylic acids is 1. The molecule has 0 saturated carbocycles. The molecule has 3 heterocycles. The summed E-state index contributed by atoms with van der Waals surface area (Å²) in [6.45, 7) is 1.71. The van der Waals surface area contributed by atoms with E-state index < -0.39 is 11.5 Å². The second kappa shape index (κ2) is 7.21. The standard InChI is InChI=1S/C19H19NO6S/c21-17(22)10-19(5-6-24-11-19)20-18(23)16-4-3-15(27-16)12-1-2-13-14(9-12)26-8-7-25-13/h1-4,9H,5-8,10-11H2,(H,20,23)(H,21,22). The van der Waals surface area contributed by atoms with Gasteiger partial charge in [0.05, 0.1) is 23.4 Å². The maximum atomic E-state index is 12.7. The zero-order chi connectivity index (χ0) is 18.9. The minimum atomic E-state index is -0.955. The van der Waals surface area contributed by atoms with Crippen molar-refractivity contribution in [2.75, 3.05) is 26.4 Å². The van der Waals surface area contributed by atoms with Crippen molar-refractivity contribution in [1.82, 2.24) is 5.32 Å². The fourth-order valence-corrected chi connectivity index (χ4v) is 4.19. The van der Waals surface area contributed by atoms with Crippen LogP contribution in [0, 0.1) is 0 Å². The molecule has 7 nitrogen and oxygen atoms in total. The Morgan fingerprint density at radius 1 is 1.11 bits per heavy atom. The normalized spacial score (nSPS) is 21.0. The summed E-state index contributed by atoms with van der Waals surface area (Å²) in [5.41, 5.74) is 0.0945. The first-order valence-corrected chi connectivity index (χ1v) is 9.48. The van der Waals surface area contributed by atoms with Gasteiger partial charge in [0.25, 0.3) is 5.91 Å². The van der Waals surface area contributed by atoms with Gasteiger partial charge >= 0.3 is 5.97 Å². The van der Waals surface area contributed by atoms with Gasteiger partial charge < -0.3 is 24.6 Å². The lowest BCUT2D eigenvalue weighted by Crippen LogP contribution is -2.50. The summed E-state index contributed by atoms with van der Waals surface area (Å²) in [5, 5.41) is 12.0. The molecule has 1 unspecified atom stereocenters. The first-order chi connectivity index (χ1) is 13.0. The van der Waals surface area contributed by atoms with Gasteiger partial charge in [0.1, 0.15) is 13.2 Å².